The lowest BCUT2D eigenvalue weighted by Gasteiger charge is -2.31. The molecule has 4 rings (SSSR count). The summed E-state index contributed by atoms with van der Waals surface area (Å²) in [6, 6.07) is 16.2. The third kappa shape index (κ3) is 6.86. The summed E-state index contributed by atoms with van der Waals surface area (Å²) >= 11 is 7.61. The van der Waals surface area contributed by atoms with Crippen LogP contribution in [0.5, 0.6) is 0 Å². The van der Waals surface area contributed by atoms with E-state index in [1.54, 1.807) is 30.8 Å². The summed E-state index contributed by atoms with van der Waals surface area (Å²) in [6.07, 6.45) is 2.34. The maximum Gasteiger partial charge on any atom is 0.241 e. The largest absolute Gasteiger partial charge is 0.305 e. The third-order valence-corrected chi connectivity index (χ3v) is 9.32. The van der Waals surface area contributed by atoms with Gasteiger partial charge in [0, 0.05) is 23.9 Å². The average molecular weight is 534 g/mol. The molecule has 1 aliphatic heterocycles. The zero-order valence-electron chi connectivity index (χ0n) is 20.1. The van der Waals surface area contributed by atoms with E-state index in [-0.39, 0.29) is 4.90 Å². The number of rotatable bonds is 10. The molecule has 0 aliphatic carbocycles. The predicted octanol–water partition coefficient (Wildman–Crippen LogP) is 5.00. The van der Waals surface area contributed by atoms with Crippen molar-refractivity contribution >= 4 is 33.4 Å². The highest BCUT2D eigenvalue weighted by Gasteiger charge is 2.25. The van der Waals surface area contributed by atoms with Crippen LogP contribution in [0.25, 0.3) is 0 Å². The molecule has 0 amide bonds. The number of benzene rings is 2. The van der Waals surface area contributed by atoms with Gasteiger partial charge < -0.3 is 4.57 Å². The lowest BCUT2D eigenvalue weighted by molar-refractivity contribution is 0.187. The van der Waals surface area contributed by atoms with Crippen molar-refractivity contribution in [3.63, 3.8) is 0 Å². The van der Waals surface area contributed by atoms with Crippen LogP contribution in [-0.4, -0.2) is 46.9 Å². The van der Waals surface area contributed by atoms with Crippen molar-refractivity contribution in [2.75, 3.05) is 18.8 Å². The van der Waals surface area contributed by atoms with Crippen LogP contribution >= 0.6 is 23.4 Å². The second kappa shape index (κ2) is 11.9. The van der Waals surface area contributed by atoms with E-state index in [1.165, 1.54) is 30.5 Å². The molecular weight excluding hydrogens is 502 g/mol. The Morgan fingerprint density at radius 1 is 1.09 bits per heavy atom. The van der Waals surface area contributed by atoms with Gasteiger partial charge in [0.25, 0.3) is 0 Å². The fraction of sp³-hybridized carbons (Fsp3) is 0.440. The Morgan fingerprint density at radius 2 is 1.77 bits per heavy atom. The molecule has 1 N–H and O–H groups in total. The number of thioether (sulfide) groups is 1. The van der Waals surface area contributed by atoms with Crippen molar-refractivity contribution in [3.8, 4) is 0 Å². The summed E-state index contributed by atoms with van der Waals surface area (Å²) in [5, 5.41) is 10.1. The van der Waals surface area contributed by atoms with Crippen molar-refractivity contribution in [3.05, 3.63) is 71.0 Å². The molecule has 1 atom stereocenters. The highest BCUT2D eigenvalue weighted by molar-refractivity contribution is 7.99. The van der Waals surface area contributed by atoms with Crippen LogP contribution in [0, 0.1) is 5.92 Å². The Kier molecular flexibility index (Phi) is 8.88. The smallest absolute Gasteiger partial charge is 0.241 e. The van der Waals surface area contributed by atoms with Crippen LogP contribution in [0.2, 0.25) is 5.02 Å². The molecule has 1 fully saturated rings. The van der Waals surface area contributed by atoms with Gasteiger partial charge in [0.2, 0.25) is 10.0 Å². The van der Waals surface area contributed by atoms with Gasteiger partial charge >= 0.3 is 0 Å². The quantitative estimate of drug-likeness (QED) is 0.370. The SMILES string of the molecule is CCn1c(SCC2CCN(Cc3ccccc3)CC2)nnc1[C@@H](C)NS(=O)(=O)c1ccc(Cl)cc1. The van der Waals surface area contributed by atoms with Gasteiger partial charge in [0.1, 0.15) is 0 Å². The van der Waals surface area contributed by atoms with E-state index >= 15 is 0 Å². The number of nitrogens with one attached hydrogen (secondary N) is 1. The predicted molar refractivity (Wildman–Crippen MR) is 141 cm³/mol. The van der Waals surface area contributed by atoms with Gasteiger partial charge in [-0.2, -0.15) is 0 Å². The minimum atomic E-state index is -3.70. The molecule has 0 spiro atoms. The lowest BCUT2D eigenvalue weighted by atomic mass is 9.98. The Hall–Kier alpha value is -1.91. The molecule has 7 nitrogen and oxygen atoms in total. The molecule has 188 valence electrons. The van der Waals surface area contributed by atoms with E-state index in [1.807, 2.05) is 11.5 Å². The molecule has 3 aromatic rings. The number of hydrogen-bond acceptors (Lipinski definition) is 6. The maximum absolute atomic E-state index is 12.8. The summed E-state index contributed by atoms with van der Waals surface area (Å²) in [7, 11) is -3.70. The molecule has 1 saturated heterocycles. The third-order valence-electron chi connectivity index (χ3n) is 6.31. The van der Waals surface area contributed by atoms with Gasteiger partial charge in [-0.3, -0.25) is 4.90 Å². The normalized spacial score (nSPS) is 16.4. The van der Waals surface area contributed by atoms with Crippen molar-refractivity contribution in [2.45, 2.75) is 55.9 Å². The fourth-order valence-corrected chi connectivity index (χ4v) is 6.86. The van der Waals surface area contributed by atoms with E-state index in [0.717, 1.165) is 30.5 Å². The van der Waals surface area contributed by atoms with Crippen LogP contribution in [0.3, 0.4) is 0 Å². The standard InChI is InChI=1S/C25H32ClN5O2S2/c1-3-31-24(19(2)29-35(32,33)23-11-9-22(26)10-12-23)27-28-25(31)34-18-21-13-15-30(16-14-21)17-20-7-5-4-6-8-20/h4-12,19,21,29H,3,13-18H2,1-2H3/t19-/m1/s1. The molecule has 0 radical (unpaired) electrons. The van der Waals surface area contributed by atoms with Gasteiger partial charge in [-0.15, -0.1) is 10.2 Å². The Morgan fingerprint density at radius 3 is 2.43 bits per heavy atom. The molecule has 1 aliphatic rings. The van der Waals surface area contributed by atoms with E-state index in [4.69, 9.17) is 11.6 Å². The molecule has 2 aromatic carbocycles. The van der Waals surface area contributed by atoms with E-state index in [2.05, 4.69) is 50.2 Å². The molecule has 10 heteroatoms. The Labute approximate surface area is 217 Å². The molecule has 0 unspecified atom stereocenters. The van der Waals surface area contributed by atoms with E-state index < -0.39 is 16.1 Å². The minimum Gasteiger partial charge on any atom is -0.305 e. The van der Waals surface area contributed by atoms with E-state index in [0.29, 0.717) is 23.3 Å². The minimum absolute atomic E-state index is 0.171. The number of sulfonamides is 1. The first-order chi connectivity index (χ1) is 16.9. The maximum atomic E-state index is 12.8. The van der Waals surface area contributed by atoms with E-state index in [9.17, 15) is 8.42 Å². The summed E-state index contributed by atoms with van der Waals surface area (Å²) in [5.74, 6) is 2.24. The Balaban J connectivity index is 1.32. The number of nitrogens with zero attached hydrogens (tertiary/aromatic N) is 4. The summed E-state index contributed by atoms with van der Waals surface area (Å²) < 4.78 is 30.3. The Bertz CT molecular complexity index is 1190. The van der Waals surface area contributed by atoms with Crippen LogP contribution < -0.4 is 4.72 Å². The first-order valence-corrected chi connectivity index (χ1v) is 14.8. The van der Waals surface area contributed by atoms with Crippen molar-refractivity contribution in [2.24, 2.45) is 5.92 Å². The van der Waals surface area contributed by atoms with Gasteiger partial charge in [-0.25, -0.2) is 13.1 Å². The second-order valence-electron chi connectivity index (χ2n) is 8.90. The average Bonchev–Trinajstić information content (AvgIpc) is 3.27. The molecule has 35 heavy (non-hydrogen) atoms. The lowest BCUT2D eigenvalue weighted by Crippen LogP contribution is -2.33. The first kappa shape index (κ1) is 26.2. The molecule has 0 saturated carbocycles. The topological polar surface area (TPSA) is 80.1 Å². The highest BCUT2D eigenvalue weighted by atomic mass is 35.5. The highest BCUT2D eigenvalue weighted by Crippen LogP contribution is 2.28. The van der Waals surface area contributed by atoms with Crippen LogP contribution in [-0.2, 0) is 23.1 Å². The number of hydrogen-bond donors (Lipinski definition) is 1. The van der Waals surface area contributed by atoms with Crippen LogP contribution in [0.15, 0.2) is 64.6 Å². The van der Waals surface area contributed by atoms with Gasteiger partial charge in [0.05, 0.1) is 10.9 Å². The zero-order valence-corrected chi connectivity index (χ0v) is 22.5. The monoisotopic (exact) mass is 533 g/mol. The summed E-state index contributed by atoms with van der Waals surface area (Å²) in [5.41, 5.74) is 1.37. The molecular formula is C25H32ClN5O2S2. The van der Waals surface area contributed by atoms with Crippen molar-refractivity contribution < 1.29 is 8.42 Å². The number of likely N-dealkylation sites (tertiary alicyclic amines) is 1. The molecule has 1 aromatic heterocycles. The number of piperidine rings is 1. The molecule has 2 heterocycles. The van der Waals surface area contributed by atoms with Crippen molar-refractivity contribution in [1.29, 1.82) is 0 Å². The second-order valence-corrected chi connectivity index (χ2v) is 12.0. The van der Waals surface area contributed by atoms with Gasteiger partial charge in [-0.1, -0.05) is 53.7 Å². The van der Waals surface area contributed by atoms with Crippen LogP contribution in [0.1, 0.15) is 44.1 Å². The van der Waals surface area contributed by atoms with Gasteiger partial charge in [-0.05, 0) is 75.5 Å². The van der Waals surface area contributed by atoms with Crippen LogP contribution in [0.4, 0.5) is 0 Å². The van der Waals surface area contributed by atoms with Gasteiger partial charge in [0.15, 0.2) is 11.0 Å². The number of aromatic nitrogens is 3. The zero-order chi connectivity index (χ0) is 24.8. The first-order valence-electron chi connectivity index (χ1n) is 12.0. The summed E-state index contributed by atoms with van der Waals surface area (Å²) in [4.78, 5) is 2.70. The molecule has 0 bridgehead atoms. The summed E-state index contributed by atoms with van der Waals surface area (Å²) in [6.45, 7) is 7.72. The van der Waals surface area contributed by atoms with Crippen molar-refractivity contribution in [1.82, 2.24) is 24.4 Å². The fourth-order valence-electron chi connectivity index (χ4n) is 4.34. The number of halogens is 1.